The monoisotopic (exact) mass is 450 g/mol. The van der Waals surface area contributed by atoms with Crippen molar-refractivity contribution in [1.82, 2.24) is 9.80 Å². The van der Waals surface area contributed by atoms with Gasteiger partial charge in [0.15, 0.2) is 0 Å². The molecule has 1 aromatic rings. The highest BCUT2D eigenvalue weighted by atomic mass is 16.5. The number of ether oxygens (including phenoxy) is 5. The van der Waals surface area contributed by atoms with Gasteiger partial charge >= 0.3 is 0 Å². The molecule has 9 nitrogen and oxygen atoms in total. The van der Waals surface area contributed by atoms with E-state index in [0.717, 1.165) is 11.1 Å². The molecule has 0 saturated heterocycles. The van der Waals surface area contributed by atoms with Crippen LogP contribution in [0.1, 0.15) is 11.1 Å². The summed E-state index contributed by atoms with van der Waals surface area (Å²) in [6, 6.07) is 5.61. The van der Waals surface area contributed by atoms with Crippen LogP contribution in [0.15, 0.2) is 18.2 Å². The zero-order chi connectivity index (χ0) is 22.6. The van der Waals surface area contributed by atoms with E-state index in [2.05, 4.69) is 0 Å². The van der Waals surface area contributed by atoms with E-state index >= 15 is 0 Å². The SMILES string of the molecule is COc1c2cccc1CC(=O)N1CCOCCOCCN(CCOCCOCC1)C(=O)C2. The van der Waals surface area contributed by atoms with Crippen molar-refractivity contribution in [1.29, 1.82) is 0 Å². The molecule has 2 aliphatic rings. The van der Waals surface area contributed by atoms with Crippen LogP contribution < -0.4 is 4.74 Å². The summed E-state index contributed by atoms with van der Waals surface area (Å²) in [6.45, 7) is 5.27. The highest BCUT2D eigenvalue weighted by Crippen LogP contribution is 2.26. The smallest absolute Gasteiger partial charge is 0.227 e. The highest BCUT2D eigenvalue weighted by Gasteiger charge is 2.21. The largest absolute Gasteiger partial charge is 0.496 e. The topological polar surface area (TPSA) is 86.8 Å². The third-order valence-corrected chi connectivity index (χ3v) is 5.54. The number of hydrogen-bond donors (Lipinski definition) is 0. The number of hydrogen-bond acceptors (Lipinski definition) is 7. The Morgan fingerprint density at radius 1 is 0.656 bits per heavy atom. The van der Waals surface area contributed by atoms with Crippen molar-refractivity contribution < 1.29 is 33.3 Å². The molecule has 0 aromatic heterocycles. The molecule has 178 valence electrons. The zero-order valence-corrected chi connectivity index (χ0v) is 18.9. The van der Waals surface area contributed by atoms with Gasteiger partial charge < -0.3 is 33.5 Å². The fourth-order valence-corrected chi connectivity index (χ4v) is 3.79. The zero-order valence-electron chi connectivity index (χ0n) is 18.9. The van der Waals surface area contributed by atoms with E-state index < -0.39 is 0 Å². The first kappa shape index (κ1) is 24.4. The summed E-state index contributed by atoms with van der Waals surface area (Å²) < 4.78 is 28.3. The average molecular weight is 451 g/mol. The summed E-state index contributed by atoms with van der Waals surface area (Å²) >= 11 is 0. The van der Waals surface area contributed by atoms with E-state index in [-0.39, 0.29) is 24.7 Å². The number of rotatable bonds is 1. The first-order valence-electron chi connectivity index (χ1n) is 11.2. The van der Waals surface area contributed by atoms with Crippen molar-refractivity contribution in [3.05, 3.63) is 29.3 Å². The molecule has 0 fully saturated rings. The summed E-state index contributed by atoms with van der Waals surface area (Å²) in [6.07, 6.45) is 0.363. The van der Waals surface area contributed by atoms with Crippen molar-refractivity contribution in [2.45, 2.75) is 12.8 Å². The minimum Gasteiger partial charge on any atom is -0.496 e. The maximum Gasteiger partial charge on any atom is 0.227 e. The maximum absolute atomic E-state index is 13.1. The fourth-order valence-electron chi connectivity index (χ4n) is 3.79. The molecule has 9 heteroatoms. The van der Waals surface area contributed by atoms with Crippen LogP contribution in [-0.2, 0) is 41.4 Å². The lowest BCUT2D eigenvalue weighted by Crippen LogP contribution is -2.38. The number of methoxy groups -OCH3 is 1. The molecule has 0 radical (unpaired) electrons. The molecule has 2 amide bonds. The van der Waals surface area contributed by atoms with Crippen LogP contribution in [0.2, 0.25) is 0 Å². The standard InChI is InChI=1S/C23H34N2O7/c1-28-23-19-3-2-4-20(23)18-22(27)25-7-11-31-15-13-29-9-5-24(21(26)17-19)6-10-30-14-16-32-12-8-25/h2-4H,5-18H2,1H3. The van der Waals surface area contributed by atoms with Gasteiger partial charge in [-0.1, -0.05) is 18.2 Å². The van der Waals surface area contributed by atoms with Gasteiger partial charge in [-0.2, -0.15) is 0 Å². The molecule has 1 aromatic carbocycles. The third kappa shape index (κ3) is 7.44. The summed E-state index contributed by atoms with van der Waals surface area (Å²) in [4.78, 5) is 29.7. The predicted octanol–water partition coefficient (Wildman–Crippen LogP) is 0.531. The first-order valence-corrected chi connectivity index (χ1v) is 11.2. The minimum absolute atomic E-state index is 0.0401. The van der Waals surface area contributed by atoms with Crippen molar-refractivity contribution in [2.24, 2.45) is 0 Å². The van der Waals surface area contributed by atoms with E-state index in [1.54, 1.807) is 16.9 Å². The molecule has 32 heavy (non-hydrogen) atoms. The van der Waals surface area contributed by atoms with Crippen LogP contribution in [0.25, 0.3) is 0 Å². The molecule has 3 rings (SSSR count). The molecular weight excluding hydrogens is 416 g/mol. The van der Waals surface area contributed by atoms with Gasteiger partial charge in [0.05, 0.1) is 72.8 Å². The van der Waals surface area contributed by atoms with Gasteiger partial charge in [0.25, 0.3) is 0 Å². The van der Waals surface area contributed by atoms with Gasteiger partial charge in [-0.3, -0.25) is 9.59 Å². The van der Waals surface area contributed by atoms with Crippen LogP contribution in [0.3, 0.4) is 0 Å². The van der Waals surface area contributed by atoms with Crippen LogP contribution >= 0.6 is 0 Å². The molecule has 0 unspecified atom stereocenters. The molecule has 0 aliphatic carbocycles. The summed E-state index contributed by atoms with van der Waals surface area (Å²) in [5.74, 6) is 0.506. The fraction of sp³-hybridized carbons (Fsp3) is 0.652. The summed E-state index contributed by atoms with van der Waals surface area (Å²) in [5, 5.41) is 0. The lowest BCUT2D eigenvalue weighted by Gasteiger charge is -2.23. The van der Waals surface area contributed by atoms with Crippen molar-refractivity contribution >= 4 is 11.8 Å². The molecular formula is C23H34N2O7. The quantitative estimate of drug-likeness (QED) is 0.617. The minimum atomic E-state index is -0.0401. The van der Waals surface area contributed by atoms with Gasteiger partial charge in [-0.05, 0) is 0 Å². The Hall–Kier alpha value is -2.20. The van der Waals surface area contributed by atoms with E-state index in [1.165, 1.54) is 0 Å². The van der Waals surface area contributed by atoms with Crippen molar-refractivity contribution in [3.8, 4) is 5.75 Å². The lowest BCUT2D eigenvalue weighted by molar-refractivity contribution is -0.133. The van der Waals surface area contributed by atoms with Crippen LogP contribution in [-0.4, -0.2) is 108 Å². The molecule has 2 heterocycles. The molecule has 0 N–H and O–H groups in total. The molecule has 0 spiro atoms. The number of carbonyl (C=O) groups is 2. The van der Waals surface area contributed by atoms with Crippen LogP contribution in [0.4, 0.5) is 0 Å². The predicted molar refractivity (Wildman–Crippen MR) is 117 cm³/mol. The Labute approximate surface area is 189 Å². The number of carbonyl (C=O) groups excluding carboxylic acids is 2. The van der Waals surface area contributed by atoms with Crippen LogP contribution in [0.5, 0.6) is 5.75 Å². The van der Waals surface area contributed by atoms with Gasteiger partial charge in [0.1, 0.15) is 5.75 Å². The Balaban J connectivity index is 1.91. The number of amides is 2. The average Bonchev–Trinajstić information content (AvgIpc) is 2.78. The Bertz CT molecular complexity index is 667. The van der Waals surface area contributed by atoms with Crippen LogP contribution in [0, 0.1) is 0 Å². The van der Waals surface area contributed by atoms with E-state index in [4.69, 9.17) is 23.7 Å². The maximum atomic E-state index is 13.1. The van der Waals surface area contributed by atoms with E-state index in [0.29, 0.717) is 84.8 Å². The van der Waals surface area contributed by atoms with Gasteiger partial charge in [-0.15, -0.1) is 0 Å². The molecule has 2 aliphatic heterocycles. The van der Waals surface area contributed by atoms with Crippen molar-refractivity contribution in [3.63, 3.8) is 0 Å². The highest BCUT2D eigenvalue weighted by molar-refractivity contribution is 5.82. The summed E-state index contributed by atoms with van der Waals surface area (Å²) in [7, 11) is 1.57. The van der Waals surface area contributed by atoms with Gasteiger partial charge in [0, 0.05) is 37.3 Å². The van der Waals surface area contributed by atoms with Gasteiger partial charge in [0.2, 0.25) is 11.8 Å². The van der Waals surface area contributed by atoms with E-state index in [9.17, 15) is 9.59 Å². The number of para-hydroxylation sites is 1. The second-order valence-electron chi connectivity index (χ2n) is 7.67. The second-order valence-corrected chi connectivity index (χ2v) is 7.67. The van der Waals surface area contributed by atoms with Crippen molar-refractivity contribution in [2.75, 3.05) is 86.1 Å². The molecule has 4 bridgehead atoms. The van der Waals surface area contributed by atoms with Gasteiger partial charge in [-0.25, -0.2) is 0 Å². The summed E-state index contributed by atoms with van der Waals surface area (Å²) in [5.41, 5.74) is 1.53. The number of nitrogens with zero attached hydrogens (tertiary/aromatic N) is 2. The molecule has 0 atom stereocenters. The Morgan fingerprint density at radius 3 is 1.38 bits per heavy atom. The first-order chi connectivity index (χ1) is 15.7. The normalized spacial score (nSPS) is 20.9. The second kappa shape index (κ2) is 13.4. The number of fused-ring (bicyclic) bond motifs is 4. The van der Waals surface area contributed by atoms with E-state index in [1.807, 2.05) is 18.2 Å². The Morgan fingerprint density at radius 2 is 1.03 bits per heavy atom. The third-order valence-electron chi connectivity index (χ3n) is 5.54. The number of benzene rings is 1. The lowest BCUT2D eigenvalue weighted by atomic mass is 10.0. The molecule has 0 saturated carbocycles. The Kier molecular flexibility index (Phi) is 10.2.